The molecular weight excluding hydrogens is 544 g/mol. The zero-order valence-electron chi connectivity index (χ0n) is 23.7. The van der Waals surface area contributed by atoms with Crippen molar-refractivity contribution in [2.75, 3.05) is 50.8 Å². The molecule has 5 heterocycles. The number of halogens is 2. The lowest BCUT2D eigenvalue weighted by Crippen LogP contribution is -2.45. The molecule has 4 fully saturated rings. The highest BCUT2D eigenvalue weighted by Gasteiger charge is 2.41. The quantitative estimate of drug-likeness (QED) is 0.414. The highest BCUT2D eigenvalue weighted by molar-refractivity contribution is 5.84. The SMILES string of the molecule is O=C1C(N2CCCC2)CCN1[C@H]1CC[C@H](Oc2cc(-n3c(C(F)F)nc4ccccc43)nc(N3CCOCC3)n2)CC1. The third-order valence-corrected chi connectivity index (χ3v) is 9.15. The van der Waals surface area contributed by atoms with Gasteiger partial charge in [0.05, 0.1) is 30.3 Å². The van der Waals surface area contributed by atoms with Gasteiger partial charge in [0.25, 0.3) is 6.43 Å². The molecule has 1 unspecified atom stereocenters. The van der Waals surface area contributed by atoms with Gasteiger partial charge in [-0.15, -0.1) is 0 Å². The fourth-order valence-electron chi connectivity index (χ4n) is 7.00. The molecule has 4 aliphatic rings. The van der Waals surface area contributed by atoms with Crippen molar-refractivity contribution in [3.05, 3.63) is 36.2 Å². The van der Waals surface area contributed by atoms with Crippen LogP contribution in [0, 0.1) is 0 Å². The van der Waals surface area contributed by atoms with Crippen LogP contribution in [0.25, 0.3) is 16.9 Å². The van der Waals surface area contributed by atoms with E-state index in [-0.39, 0.29) is 24.0 Å². The van der Waals surface area contributed by atoms with Crippen molar-refractivity contribution in [2.45, 2.75) is 69.6 Å². The minimum Gasteiger partial charge on any atom is -0.474 e. The standard InChI is InChI=1S/C30H37F2N7O3/c31-27(32)28-33-22-5-1-2-6-23(22)39(28)25-19-26(35-30(34-25)37-15-17-41-18-16-37)42-21-9-7-20(8-10-21)38-14-11-24(29(38)40)36-12-3-4-13-36/h1-2,5-6,19-21,24,27H,3-4,7-18H2/t20-,21-,24?. The number of likely N-dealkylation sites (tertiary alicyclic amines) is 2. The lowest BCUT2D eigenvalue weighted by atomic mass is 9.92. The smallest absolute Gasteiger partial charge is 0.296 e. The van der Waals surface area contributed by atoms with Gasteiger partial charge in [-0.3, -0.25) is 14.3 Å². The lowest BCUT2D eigenvalue weighted by molar-refractivity contribution is -0.134. The summed E-state index contributed by atoms with van der Waals surface area (Å²) in [6.45, 7) is 5.18. The Hall–Kier alpha value is -3.38. The molecule has 42 heavy (non-hydrogen) atoms. The lowest BCUT2D eigenvalue weighted by Gasteiger charge is -2.35. The monoisotopic (exact) mass is 581 g/mol. The van der Waals surface area contributed by atoms with Crippen LogP contribution < -0.4 is 9.64 Å². The van der Waals surface area contributed by atoms with Gasteiger partial charge in [-0.25, -0.2) is 13.8 Å². The Bertz CT molecular complexity index is 1420. The number of amides is 1. The van der Waals surface area contributed by atoms with E-state index in [9.17, 15) is 13.6 Å². The molecule has 12 heteroatoms. The number of aromatic nitrogens is 4. The number of carbonyl (C=O) groups is 1. The molecule has 1 aromatic carbocycles. The van der Waals surface area contributed by atoms with E-state index in [0.29, 0.717) is 60.9 Å². The number of nitrogens with zero attached hydrogens (tertiary/aromatic N) is 7. The van der Waals surface area contributed by atoms with Gasteiger partial charge in [0, 0.05) is 31.7 Å². The zero-order chi connectivity index (χ0) is 28.6. The fourth-order valence-corrected chi connectivity index (χ4v) is 7.00. The number of benzene rings is 1. The van der Waals surface area contributed by atoms with Crippen molar-refractivity contribution in [3.63, 3.8) is 0 Å². The molecule has 1 amide bonds. The van der Waals surface area contributed by atoms with Crippen LogP contribution in [0.1, 0.15) is 57.2 Å². The molecule has 3 saturated heterocycles. The van der Waals surface area contributed by atoms with Gasteiger partial charge in [-0.2, -0.15) is 9.97 Å². The van der Waals surface area contributed by atoms with Gasteiger partial charge in [0.2, 0.25) is 17.7 Å². The van der Waals surface area contributed by atoms with Crippen LogP contribution in [0.4, 0.5) is 14.7 Å². The first-order valence-corrected chi connectivity index (χ1v) is 15.2. The van der Waals surface area contributed by atoms with Gasteiger partial charge in [0.1, 0.15) is 11.9 Å². The Balaban J connectivity index is 1.11. The predicted octanol–water partition coefficient (Wildman–Crippen LogP) is 3.98. The highest BCUT2D eigenvalue weighted by atomic mass is 19.3. The molecule has 1 atom stereocenters. The highest BCUT2D eigenvalue weighted by Crippen LogP contribution is 2.33. The van der Waals surface area contributed by atoms with Crippen LogP contribution in [0.2, 0.25) is 0 Å². The summed E-state index contributed by atoms with van der Waals surface area (Å²) in [4.78, 5) is 33.3. The fraction of sp³-hybridized carbons (Fsp3) is 0.600. The number of hydrogen-bond donors (Lipinski definition) is 0. The van der Waals surface area contributed by atoms with Crippen LogP contribution in [0.15, 0.2) is 30.3 Å². The molecule has 1 aliphatic carbocycles. The average molecular weight is 582 g/mol. The molecule has 0 N–H and O–H groups in total. The summed E-state index contributed by atoms with van der Waals surface area (Å²) in [5, 5.41) is 0. The normalized spacial score (nSPS) is 25.7. The van der Waals surface area contributed by atoms with Crippen molar-refractivity contribution in [3.8, 4) is 11.7 Å². The Labute approximate surface area is 243 Å². The van der Waals surface area contributed by atoms with E-state index < -0.39 is 6.43 Å². The number of ether oxygens (including phenoxy) is 2. The second kappa shape index (κ2) is 11.7. The molecule has 0 bridgehead atoms. The first-order chi connectivity index (χ1) is 20.5. The van der Waals surface area contributed by atoms with Gasteiger partial charge in [0.15, 0.2) is 5.82 Å². The van der Waals surface area contributed by atoms with E-state index in [1.807, 2.05) is 4.90 Å². The van der Waals surface area contributed by atoms with E-state index in [1.165, 1.54) is 17.4 Å². The van der Waals surface area contributed by atoms with E-state index >= 15 is 0 Å². The molecule has 224 valence electrons. The second-order valence-corrected chi connectivity index (χ2v) is 11.7. The van der Waals surface area contributed by atoms with Crippen LogP contribution in [-0.2, 0) is 9.53 Å². The molecule has 7 rings (SSSR count). The largest absolute Gasteiger partial charge is 0.474 e. The Morgan fingerprint density at radius 2 is 1.67 bits per heavy atom. The van der Waals surface area contributed by atoms with Crippen molar-refractivity contribution < 1.29 is 23.0 Å². The maximum Gasteiger partial charge on any atom is 0.296 e. The molecular formula is C30H37F2N7O3. The Kier molecular flexibility index (Phi) is 7.66. The van der Waals surface area contributed by atoms with Gasteiger partial charge >= 0.3 is 0 Å². The summed E-state index contributed by atoms with van der Waals surface area (Å²) < 4.78 is 41.7. The van der Waals surface area contributed by atoms with Crippen LogP contribution >= 0.6 is 0 Å². The number of imidazole rings is 1. The number of hydrogen-bond acceptors (Lipinski definition) is 8. The van der Waals surface area contributed by atoms with Crippen molar-refractivity contribution in [1.82, 2.24) is 29.3 Å². The molecule has 0 spiro atoms. The van der Waals surface area contributed by atoms with E-state index in [1.54, 1.807) is 30.3 Å². The number of fused-ring (bicyclic) bond motifs is 1. The summed E-state index contributed by atoms with van der Waals surface area (Å²) in [6.07, 6.45) is 3.77. The summed E-state index contributed by atoms with van der Waals surface area (Å²) in [6, 6.07) is 8.99. The number of para-hydroxylation sites is 2. The topological polar surface area (TPSA) is 88.9 Å². The second-order valence-electron chi connectivity index (χ2n) is 11.7. The Morgan fingerprint density at radius 1 is 0.905 bits per heavy atom. The Morgan fingerprint density at radius 3 is 2.43 bits per heavy atom. The minimum atomic E-state index is -2.78. The molecule has 0 radical (unpaired) electrons. The van der Waals surface area contributed by atoms with Crippen LogP contribution in [-0.4, -0.2) is 99.4 Å². The van der Waals surface area contributed by atoms with Gasteiger partial charge in [-0.05, 0) is 70.2 Å². The van der Waals surface area contributed by atoms with Gasteiger partial charge in [-0.1, -0.05) is 12.1 Å². The summed E-state index contributed by atoms with van der Waals surface area (Å²) in [7, 11) is 0. The summed E-state index contributed by atoms with van der Waals surface area (Å²) >= 11 is 0. The molecule has 10 nitrogen and oxygen atoms in total. The van der Waals surface area contributed by atoms with Crippen molar-refractivity contribution in [1.29, 1.82) is 0 Å². The summed E-state index contributed by atoms with van der Waals surface area (Å²) in [5.41, 5.74) is 1.02. The van der Waals surface area contributed by atoms with E-state index in [4.69, 9.17) is 19.4 Å². The van der Waals surface area contributed by atoms with E-state index in [0.717, 1.165) is 51.7 Å². The predicted molar refractivity (Wildman–Crippen MR) is 152 cm³/mol. The maximum absolute atomic E-state index is 14.2. The average Bonchev–Trinajstić information content (AvgIpc) is 3.77. The van der Waals surface area contributed by atoms with Crippen molar-refractivity contribution >= 4 is 22.9 Å². The summed E-state index contributed by atoms with van der Waals surface area (Å²) in [5.74, 6) is 1.01. The third kappa shape index (κ3) is 5.30. The third-order valence-electron chi connectivity index (χ3n) is 9.15. The first kappa shape index (κ1) is 27.5. The molecule has 1 saturated carbocycles. The number of anilines is 1. The number of rotatable bonds is 7. The minimum absolute atomic E-state index is 0.0527. The van der Waals surface area contributed by atoms with E-state index in [2.05, 4.69) is 14.8 Å². The first-order valence-electron chi connectivity index (χ1n) is 15.2. The zero-order valence-corrected chi connectivity index (χ0v) is 23.7. The van der Waals surface area contributed by atoms with Crippen LogP contribution in [0.5, 0.6) is 5.88 Å². The van der Waals surface area contributed by atoms with Crippen molar-refractivity contribution in [2.24, 2.45) is 0 Å². The maximum atomic E-state index is 14.2. The van der Waals surface area contributed by atoms with Gasteiger partial charge < -0.3 is 19.3 Å². The number of alkyl halides is 2. The van der Waals surface area contributed by atoms with Crippen LogP contribution in [0.3, 0.4) is 0 Å². The number of carbonyl (C=O) groups excluding carboxylic acids is 1. The molecule has 3 aromatic rings. The molecule has 2 aromatic heterocycles. The molecule has 3 aliphatic heterocycles. The number of morpholine rings is 1.